The molecule has 3 unspecified atom stereocenters. The second-order valence-corrected chi connectivity index (χ2v) is 6.08. The van der Waals surface area contributed by atoms with Gasteiger partial charge in [0.25, 0.3) is 0 Å². The second-order valence-electron chi connectivity index (χ2n) is 6.08. The molecule has 0 amide bonds. The molecule has 1 fully saturated rings. The molecule has 1 aliphatic heterocycles. The summed E-state index contributed by atoms with van der Waals surface area (Å²) in [6.07, 6.45) is 3.16. The molecule has 8 heteroatoms. The highest BCUT2D eigenvalue weighted by molar-refractivity contribution is 5.77. The number of aromatic nitrogens is 4. The van der Waals surface area contributed by atoms with Crippen molar-refractivity contribution in [2.75, 3.05) is 25.1 Å². The molecule has 1 saturated heterocycles. The van der Waals surface area contributed by atoms with Gasteiger partial charge in [0.2, 0.25) is 11.8 Å². The molecular formula is C20H37N5O3. The van der Waals surface area contributed by atoms with E-state index in [2.05, 4.69) is 34.1 Å². The van der Waals surface area contributed by atoms with Crippen molar-refractivity contribution >= 4 is 17.1 Å². The fraction of sp³-hybridized carbons (Fsp3) is 0.750. The number of hydrogen-bond acceptors (Lipinski definition) is 7. The summed E-state index contributed by atoms with van der Waals surface area (Å²) in [6.45, 7) is 15.4. The van der Waals surface area contributed by atoms with Crippen molar-refractivity contribution < 1.29 is 14.6 Å². The Morgan fingerprint density at radius 1 is 1.25 bits per heavy atom. The van der Waals surface area contributed by atoms with Gasteiger partial charge >= 0.3 is 0 Å². The number of rotatable bonds is 7. The highest BCUT2D eigenvalue weighted by Crippen LogP contribution is 2.36. The van der Waals surface area contributed by atoms with Crippen LogP contribution in [-0.4, -0.2) is 50.5 Å². The van der Waals surface area contributed by atoms with Gasteiger partial charge in [-0.15, -0.1) is 0 Å². The smallest absolute Gasteiger partial charge is 0.247 e. The summed E-state index contributed by atoms with van der Waals surface area (Å²) >= 11 is 0. The summed E-state index contributed by atoms with van der Waals surface area (Å²) in [5.41, 5.74) is 1.31. The number of hydrogen-bond donors (Lipinski definition) is 2. The molecule has 3 atom stereocenters. The Hall–Kier alpha value is -1.93. The highest BCUT2D eigenvalue weighted by Gasteiger charge is 2.34. The van der Waals surface area contributed by atoms with Crippen LogP contribution in [0.2, 0.25) is 0 Å². The number of nitrogens with zero attached hydrogens (tertiary/aromatic N) is 4. The van der Waals surface area contributed by atoms with Gasteiger partial charge in [0.1, 0.15) is 6.23 Å². The number of imidazole rings is 1. The number of ether oxygens (including phenoxy) is 2. The van der Waals surface area contributed by atoms with Crippen LogP contribution in [0.1, 0.15) is 67.5 Å². The minimum atomic E-state index is -0.199. The Kier molecular flexibility index (Phi) is 10.8. The maximum Gasteiger partial charge on any atom is 0.247 e. The normalized spacial score (nSPS) is 20.8. The summed E-state index contributed by atoms with van der Waals surface area (Å²) in [6, 6.07) is 0. The molecule has 0 radical (unpaired) electrons. The number of aliphatic hydroxyl groups is 1. The van der Waals surface area contributed by atoms with E-state index in [0.29, 0.717) is 29.6 Å². The lowest BCUT2D eigenvalue weighted by molar-refractivity contribution is -0.0294. The zero-order valence-electron chi connectivity index (χ0n) is 18.4. The number of anilines is 1. The summed E-state index contributed by atoms with van der Waals surface area (Å²) in [5, 5.41) is 12.6. The molecule has 2 aromatic heterocycles. The van der Waals surface area contributed by atoms with Gasteiger partial charge < -0.3 is 19.9 Å². The SMILES string of the molecule is CC.CC.CCCNc1nc(OCC)c2ncn(C3OC(CO)CC3C)c2n1. The average Bonchev–Trinajstić information content (AvgIpc) is 3.32. The first kappa shape index (κ1) is 24.1. The third-order valence-electron chi connectivity index (χ3n) is 4.13. The summed E-state index contributed by atoms with van der Waals surface area (Å²) < 4.78 is 13.5. The predicted octanol–water partition coefficient (Wildman–Crippen LogP) is 4.02. The Bertz CT molecular complexity index is 692. The fourth-order valence-electron chi connectivity index (χ4n) is 3.01. The van der Waals surface area contributed by atoms with E-state index in [1.165, 1.54) is 0 Å². The Balaban J connectivity index is 0.000000921. The molecule has 0 aliphatic carbocycles. The van der Waals surface area contributed by atoms with Crippen molar-refractivity contribution in [3.63, 3.8) is 0 Å². The van der Waals surface area contributed by atoms with Crippen LogP contribution < -0.4 is 10.1 Å². The average molecular weight is 396 g/mol. The van der Waals surface area contributed by atoms with Crippen LogP contribution in [0.3, 0.4) is 0 Å². The van der Waals surface area contributed by atoms with Gasteiger partial charge in [-0.05, 0) is 19.8 Å². The van der Waals surface area contributed by atoms with Gasteiger partial charge in [-0.3, -0.25) is 4.57 Å². The van der Waals surface area contributed by atoms with E-state index in [9.17, 15) is 5.11 Å². The fourth-order valence-corrected chi connectivity index (χ4v) is 3.01. The maximum atomic E-state index is 9.36. The molecule has 2 N–H and O–H groups in total. The molecule has 0 bridgehead atoms. The first-order valence-electron chi connectivity index (χ1n) is 10.5. The topological polar surface area (TPSA) is 94.3 Å². The zero-order valence-corrected chi connectivity index (χ0v) is 18.4. The molecule has 3 rings (SSSR count). The minimum absolute atomic E-state index is 0.0238. The van der Waals surface area contributed by atoms with Crippen LogP contribution in [0.25, 0.3) is 11.2 Å². The van der Waals surface area contributed by atoms with Gasteiger partial charge in [-0.25, -0.2) is 4.98 Å². The second kappa shape index (κ2) is 12.5. The Morgan fingerprint density at radius 3 is 2.54 bits per heavy atom. The first-order valence-corrected chi connectivity index (χ1v) is 10.5. The molecular weight excluding hydrogens is 358 g/mol. The van der Waals surface area contributed by atoms with Crippen molar-refractivity contribution in [3.8, 4) is 5.88 Å². The monoisotopic (exact) mass is 395 g/mol. The van der Waals surface area contributed by atoms with Crippen LogP contribution in [0.5, 0.6) is 5.88 Å². The molecule has 160 valence electrons. The number of aliphatic hydroxyl groups excluding tert-OH is 1. The lowest BCUT2D eigenvalue weighted by Crippen LogP contribution is -2.16. The van der Waals surface area contributed by atoms with Crippen molar-refractivity contribution in [1.29, 1.82) is 0 Å². The van der Waals surface area contributed by atoms with E-state index in [0.717, 1.165) is 19.4 Å². The molecule has 3 heterocycles. The quantitative estimate of drug-likeness (QED) is 0.731. The van der Waals surface area contributed by atoms with Crippen molar-refractivity contribution in [1.82, 2.24) is 19.5 Å². The van der Waals surface area contributed by atoms with Crippen molar-refractivity contribution in [2.24, 2.45) is 5.92 Å². The number of fused-ring (bicyclic) bond motifs is 1. The van der Waals surface area contributed by atoms with Gasteiger partial charge in [0, 0.05) is 12.5 Å². The molecule has 8 nitrogen and oxygen atoms in total. The van der Waals surface area contributed by atoms with E-state index in [4.69, 9.17) is 9.47 Å². The Morgan fingerprint density at radius 2 is 1.96 bits per heavy atom. The van der Waals surface area contributed by atoms with E-state index >= 15 is 0 Å². The lowest BCUT2D eigenvalue weighted by atomic mass is 10.1. The van der Waals surface area contributed by atoms with Gasteiger partial charge in [-0.1, -0.05) is 41.5 Å². The van der Waals surface area contributed by atoms with Crippen LogP contribution in [0, 0.1) is 5.92 Å². The Labute approximate surface area is 168 Å². The number of nitrogens with one attached hydrogen (secondary N) is 1. The predicted molar refractivity (Wildman–Crippen MR) is 113 cm³/mol. The zero-order chi connectivity index (χ0) is 21.1. The van der Waals surface area contributed by atoms with Crippen molar-refractivity contribution in [2.45, 2.75) is 73.6 Å². The molecule has 28 heavy (non-hydrogen) atoms. The van der Waals surface area contributed by atoms with Crippen LogP contribution in [0.15, 0.2) is 6.33 Å². The maximum absolute atomic E-state index is 9.36. The van der Waals surface area contributed by atoms with E-state index in [1.54, 1.807) is 6.33 Å². The summed E-state index contributed by atoms with van der Waals surface area (Å²) in [4.78, 5) is 13.4. The van der Waals surface area contributed by atoms with Crippen LogP contribution in [-0.2, 0) is 4.74 Å². The van der Waals surface area contributed by atoms with Gasteiger partial charge in [0.15, 0.2) is 11.2 Å². The minimum Gasteiger partial charge on any atom is -0.476 e. The third-order valence-corrected chi connectivity index (χ3v) is 4.13. The molecule has 1 aliphatic rings. The van der Waals surface area contributed by atoms with Crippen molar-refractivity contribution in [3.05, 3.63) is 6.33 Å². The van der Waals surface area contributed by atoms with E-state index < -0.39 is 0 Å². The lowest BCUT2D eigenvalue weighted by Gasteiger charge is -2.17. The highest BCUT2D eigenvalue weighted by atomic mass is 16.5. The molecule has 0 aromatic carbocycles. The van der Waals surface area contributed by atoms with Crippen LogP contribution in [0.4, 0.5) is 5.95 Å². The van der Waals surface area contributed by atoms with Gasteiger partial charge in [0.05, 0.1) is 25.6 Å². The standard InChI is InChI=1S/C16H25N5O3.2C2H6/c1-4-6-17-16-19-13-12(14(20-16)23-5-2)18-9-21(13)15-10(3)7-11(8-22)24-15;2*1-2/h9-11,15,22H,4-8H2,1-3H3,(H,17,19,20);2*1-2H3. The van der Waals surface area contributed by atoms with E-state index in [-0.39, 0.29) is 24.9 Å². The van der Waals surface area contributed by atoms with E-state index in [1.807, 2.05) is 39.2 Å². The summed E-state index contributed by atoms with van der Waals surface area (Å²) in [5.74, 6) is 1.26. The molecule has 2 aromatic rings. The third kappa shape index (κ3) is 5.54. The molecule has 0 saturated carbocycles. The summed E-state index contributed by atoms with van der Waals surface area (Å²) in [7, 11) is 0. The largest absolute Gasteiger partial charge is 0.476 e. The van der Waals surface area contributed by atoms with Crippen LogP contribution >= 0.6 is 0 Å². The first-order chi connectivity index (χ1) is 13.7. The van der Waals surface area contributed by atoms with Gasteiger partial charge in [-0.2, -0.15) is 9.97 Å². The molecule has 0 spiro atoms.